The van der Waals surface area contributed by atoms with Crippen LogP contribution >= 0.6 is 0 Å². The van der Waals surface area contributed by atoms with Gasteiger partial charge in [0.05, 0.1) is 7.11 Å². The summed E-state index contributed by atoms with van der Waals surface area (Å²) in [4.78, 5) is 0. The van der Waals surface area contributed by atoms with Crippen LogP contribution < -0.4 is 14.8 Å². The fourth-order valence-electron chi connectivity index (χ4n) is 1.85. The number of ether oxygens (including phenoxy) is 2. The Balaban J connectivity index is 2.00. The van der Waals surface area contributed by atoms with Crippen molar-refractivity contribution in [3.05, 3.63) is 48.0 Å². The molecule has 0 bridgehead atoms. The van der Waals surface area contributed by atoms with Gasteiger partial charge in [-0.25, -0.2) is 0 Å². The molecule has 0 aliphatic heterocycles. The van der Waals surface area contributed by atoms with Gasteiger partial charge >= 0.3 is 6.36 Å². The molecule has 0 heterocycles. The molecule has 0 radical (unpaired) electrons. The zero-order valence-corrected chi connectivity index (χ0v) is 11.6. The number of phenolic OH excluding ortho intramolecular Hbond substituents is 1. The highest BCUT2D eigenvalue weighted by molar-refractivity contribution is 5.50. The van der Waals surface area contributed by atoms with Crippen LogP contribution in [0.1, 0.15) is 5.56 Å². The number of nitrogens with one attached hydrogen (secondary N) is 1. The van der Waals surface area contributed by atoms with Crippen LogP contribution in [-0.2, 0) is 6.54 Å². The van der Waals surface area contributed by atoms with Gasteiger partial charge < -0.3 is 19.9 Å². The molecule has 0 aromatic heterocycles. The van der Waals surface area contributed by atoms with Gasteiger partial charge in [0.2, 0.25) is 0 Å². The highest BCUT2D eigenvalue weighted by Gasteiger charge is 2.30. The molecule has 22 heavy (non-hydrogen) atoms. The molecule has 0 aliphatic carbocycles. The highest BCUT2D eigenvalue weighted by atomic mass is 19.4. The third kappa shape index (κ3) is 4.21. The molecular weight excluding hydrogens is 299 g/mol. The summed E-state index contributed by atoms with van der Waals surface area (Å²) in [7, 11) is 1.45. The summed E-state index contributed by atoms with van der Waals surface area (Å²) in [6, 6.07) is 10.4. The standard InChI is InChI=1S/C15H14F3NO3/c1-21-13-4-2-3-10(14(13)20)9-19-11-5-7-12(8-6-11)22-15(16,17)18/h2-8,19-20H,9H2,1H3. The molecule has 0 saturated heterocycles. The Kier molecular flexibility index (Phi) is 4.65. The first kappa shape index (κ1) is 15.8. The van der Waals surface area contributed by atoms with Gasteiger partial charge in [0.15, 0.2) is 11.5 Å². The predicted molar refractivity (Wildman–Crippen MR) is 75.1 cm³/mol. The van der Waals surface area contributed by atoms with Crippen LogP contribution in [0.4, 0.5) is 18.9 Å². The SMILES string of the molecule is COc1cccc(CNc2ccc(OC(F)(F)F)cc2)c1O. The van der Waals surface area contributed by atoms with E-state index in [4.69, 9.17) is 4.74 Å². The van der Waals surface area contributed by atoms with Gasteiger partial charge in [-0.2, -0.15) is 0 Å². The molecule has 118 valence electrons. The molecule has 4 nitrogen and oxygen atoms in total. The van der Waals surface area contributed by atoms with Crippen molar-refractivity contribution in [1.82, 2.24) is 0 Å². The number of alkyl halides is 3. The summed E-state index contributed by atoms with van der Waals surface area (Å²) in [5.41, 5.74) is 1.20. The van der Waals surface area contributed by atoms with Gasteiger partial charge in [-0.15, -0.1) is 13.2 Å². The number of phenols is 1. The van der Waals surface area contributed by atoms with Crippen molar-refractivity contribution in [3.8, 4) is 17.2 Å². The minimum absolute atomic E-state index is 0.0227. The smallest absolute Gasteiger partial charge is 0.504 e. The van der Waals surface area contributed by atoms with Crippen molar-refractivity contribution >= 4 is 5.69 Å². The lowest BCUT2D eigenvalue weighted by Crippen LogP contribution is -2.17. The molecule has 2 rings (SSSR count). The Bertz CT molecular complexity index is 627. The Morgan fingerprint density at radius 1 is 1.09 bits per heavy atom. The van der Waals surface area contributed by atoms with E-state index in [1.165, 1.54) is 31.4 Å². The van der Waals surface area contributed by atoms with E-state index in [-0.39, 0.29) is 11.5 Å². The zero-order valence-electron chi connectivity index (χ0n) is 11.6. The maximum absolute atomic E-state index is 12.0. The average molecular weight is 313 g/mol. The third-order valence-corrected chi connectivity index (χ3v) is 2.87. The van der Waals surface area contributed by atoms with E-state index in [0.29, 0.717) is 23.5 Å². The minimum atomic E-state index is -4.71. The predicted octanol–water partition coefficient (Wildman–Crippen LogP) is 3.91. The first-order valence-corrected chi connectivity index (χ1v) is 6.33. The second kappa shape index (κ2) is 6.46. The number of aromatic hydroxyl groups is 1. The van der Waals surface area contributed by atoms with Crippen molar-refractivity contribution in [2.75, 3.05) is 12.4 Å². The number of anilines is 1. The van der Waals surface area contributed by atoms with Crippen LogP contribution in [0.15, 0.2) is 42.5 Å². The molecule has 0 fully saturated rings. The fraction of sp³-hybridized carbons (Fsp3) is 0.200. The summed E-state index contributed by atoms with van der Waals surface area (Å²) in [5.74, 6) is 0.0880. The van der Waals surface area contributed by atoms with E-state index in [1.54, 1.807) is 18.2 Å². The molecular formula is C15H14F3NO3. The van der Waals surface area contributed by atoms with Crippen molar-refractivity contribution in [2.24, 2.45) is 0 Å². The quantitative estimate of drug-likeness (QED) is 0.878. The average Bonchev–Trinajstić information content (AvgIpc) is 2.46. The second-order valence-electron chi connectivity index (χ2n) is 4.39. The second-order valence-corrected chi connectivity index (χ2v) is 4.39. The summed E-state index contributed by atoms with van der Waals surface area (Å²) in [5, 5.41) is 12.9. The van der Waals surface area contributed by atoms with E-state index < -0.39 is 6.36 Å². The molecule has 2 aromatic carbocycles. The summed E-state index contributed by atoms with van der Waals surface area (Å²) < 4.78 is 44.9. The number of para-hydroxylation sites is 1. The minimum Gasteiger partial charge on any atom is -0.504 e. The first-order valence-electron chi connectivity index (χ1n) is 6.33. The van der Waals surface area contributed by atoms with E-state index in [1.807, 2.05) is 0 Å². The molecule has 0 unspecified atom stereocenters. The lowest BCUT2D eigenvalue weighted by molar-refractivity contribution is -0.274. The number of halogens is 3. The van der Waals surface area contributed by atoms with Crippen LogP contribution in [0, 0.1) is 0 Å². The molecule has 0 aliphatic rings. The molecule has 2 aromatic rings. The van der Waals surface area contributed by atoms with Crippen LogP contribution in [0.2, 0.25) is 0 Å². The monoisotopic (exact) mass is 313 g/mol. The third-order valence-electron chi connectivity index (χ3n) is 2.87. The number of hydrogen-bond acceptors (Lipinski definition) is 4. The molecule has 0 atom stereocenters. The first-order chi connectivity index (χ1) is 10.4. The highest BCUT2D eigenvalue weighted by Crippen LogP contribution is 2.30. The van der Waals surface area contributed by atoms with E-state index in [0.717, 1.165) is 0 Å². The number of methoxy groups -OCH3 is 1. The maximum atomic E-state index is 12.0. The van der Waals surface area contributed by atoms with Crippen LogP contribution in [-0.4, -0.2) is 18.6 Å². The Morgan fingerprint density at radius 3 is 2.36 bits per heavy atom. The van der Waals surface area contributed by atoms with Gasteiger partial charge in [0.1, 0.15) is 5.75 Å². The summed E-state index contributed by atoms with van der Waals surface area (Å²) in [6.07, 6.45) is -4.71. The number of rotatable bonds is 5. The molecule has 2 N–H and O–H groups in total. The number of benzene rings is 2. The van der Waals surface area contributed by atoms with Crippen molar-refractivity contribution in [1.29, 1.82) is 0 Å². The lowest BCUT2D eigenvalue weighted by atomic mass is 10.2. The van der Waals surface area contributed by atoms with Crippen molar-refractivity contribution in [3.63, 3.8) is 0 Å². The van der Waals surface area contributed by atoms with Gasteiger partial charge in [0.25, 0.3) is 0 Å². The fourth-order valence-corrected chi connectivity index (χ4v) is 1.85. The number of hydrogen-bond donors (Lipinski definition) is 2. The van der Waals surface area contributed by atoms with Crippen molar-refractivity contribution in [2.45, 2.75) is 12.9 Å². The largest absolute Gasteiger partial charge is 0.573 e. The van der Waals surface area contributed by atoms with Gasteiger partial charge in [-0.3, -0.25) is 0 Å². The van der Waals surface area contributed by atoms with Crippen LogP contribution in [0.25, 0.3) is 0 Å². The Morgan fingerprint density at radius 2 is 1.77 bits per heavy atom. The molecule has 0 amide bonds. The molecule has 0 saturated carbocycles. The maximum Gasteiger partial charge on any atom is 0.573 e. The summed E-state index contributed by atoms with van der Waals surface area (Å²) >= 11 is 0. The molecule has 7 heteroatoms. The summed E-state index contributed by atoms with van der Waals surface area (Å²) in [6.45, 7) is 0.294. The van der Waals surface area contributed by atoms with Crippen LogP contribution in [0.5, 0.6) is 17.2 Å². The van der Waals surface area contributed by atoms with Gasteiger partial charge in [-0.1, -0.05) is 12.1 Å². The lowest BCUT2D eigenvalue weighted by Gasteiger charge is -2.12. The Labute approximate surface area is 125 Å². The topological polar surface area (TPSA) is 50.7 Å². The van der Waals surface area contributed by atoms with Crippen molar-refractivity contribution < 1.29 is 27.8 Å². The Hall–Kier alpha value is -2.57. The van der Waals surface area contributed by atoms with E-state index in [9.17, 15) is 18.3 Å². The van der Waals surface area contributed by atoms with E-state index in [2.05, 4.69) is 10.1 Å². The van der Waals surface area contributed by atoms with Gasteiger partial charge in [0, 0.05) is 17.8 Å². The molecule has 0 spiro atoms. The zero-order chi connectivity index (χ0) is 16.2. The normalized spacial score (nSPS) is 11.1. The van der Waals surface area contributed by atoms with Crippen LogP contribution in [0.3, 0.4) is 0 Å². The van der Waals surface area contributed by atoms with Gasteiger partial charge in [-0.05, 0) is 30.3 Å². The van der Waals surface area contributed by atoms with E-state index >= 15 is 0 Å².